The number of ether oxygens (including phenoxy) is 2. The lowest BCUT2D eigenvalue weighted by Crippen LogP contribution is -2.26. The molecule has 0 fully saturated rings. The molecule has 3 heteroatoms. The molecule has 2 rings (SSSR count). The summed E-state index contributed by atoms with van der Waals surface area (Å²) >= 11 is 0. The highest BCUT2D eigenvalue weighted by atomic mass is 16.5. The van der Waals surface area contributed by atoms with Crippen molar-refractivity contribution in [3.05, 3.63) is 29.3 Å². The normalized spacial score (nSPS) is 17.1. The molecule has 0 bridgehead atoms. The van der Waals surface area contributed by atoms with Crippen molar-refractivity contribution >= 4 is 0 Å². The molecule has 0 amide bonds. The molecule has 0 radical (unpaired) electrons. The van der Waals surface area contributed by atoms with Gasteiger partial charge in [0.2, 0.25) is 0 Å². The number of hydrogen-bond donors (Lipinski definition) is 1. The lowest BCUT2D eigenvalue weighted by Gasteiger charge is -2.22. The molecule has 0 saturated carbocycles. The summed E-state index contributed by atoms with van der Waals surface area (Å²) < 4.78 is 10.5. The Kier molecular flexibility index (Phi) is 4.25. The van der Waals surface area contributed by atoms with Crippen molar-refractivity contribution in [1.29, 1.82) is 0 Å². The fourth-order valence-corrected chi connectivity index (χ4v) is 2.26. The molecule has 3 nitrogen and oxygen atoms in total. The first-order chi connectivity index (χ1) is 8.61. The first-order valence-corrected chi connectivity index (χ1v) is 6.57. The van der Waals surface area contributed by atoms with Gasteiger partial charge in [0.05, 0.1) is 12.2 Å². The highest BCUT2D eigenvalue weighted by Crippen LogP contribution is 2.27. The molecular weight excluding hydrogens is 228 g/mol. The monoisotopic (exact) mass is 250 g/mol. The van der Waals surface area contributed by atoms with E-state index in [2.05, 4.69) is 12.1 Å². The molecule has 0 aromatic heterocycles. The second-order valence-corrected chi connectivity index (χ2v) is 5.28. The number of benzene rings is 1. The van der Waals surface area contributed by atoms with Crippen LogP contribution in [0, 0.1) is 0 Å². The minimum Gasteiger partial charge on any atom is -0.493 e. The predicted molar refractivity (Wildman–Crippen MR) is 71.1 cm³/mol. The van der Waals surface area contributed by atoms with Crippen LogP contribution in [0.4, 0.5) is 0 Å². The quantitative estimate of drug-likeness (QED) is 0.842. The Balaban J connectivity index is 1.90. The van der Waals surface area contributed by atoms with Crippen molar-refractivity contribution in [2.75, 3.05) is 20.3 Å². The molecule has 1 aromatic rings. The number of rotatable bonds is 6. The second-order valence-electron chi connectivity index (χ2n) is 5.28. The molecule has 100 valence electrons. The molecule has 1 aliphatic heterocycles. The van der Waals surface area contributed by atoms with Gasteiger partial charge in [0.25, 0.3) is 0 Å². The minimum absolute atomic E-state index is 0.602. The van der Waals surface area contributed by atoms with Crippen molar-refractivity contribution in [2.45, 2.75) is 38.2 Å². The largest absolute Gasteiger partial charge is 0.493 e. The van der Waals surface area contributed by atoms with Crippen molar-refractivity contribution in [1.82, 2.24) is 0 Å². The molecule has 0 saturated heterocycles. The van der Waals surface area contributed by atoms with E-state index in [-0.39, 0.29) is 0 Å². The first-order valence-electron chi connectivity index (χ1n) is 6.57. The topological polar surface area (TPSA) is 38.7 Å². The zero-order chi connectivity index (χ0) is 13.0. The summed E-state index contributed by atoms with van der Waals surface area (Å²) in [6.07, 6.45) is 3.33. The molecule has 1 atom stereocenters. The molecule has 1 aliphatic rings. The van der Waals surface area contributed by atoms with Gasteiger partial charge < -0.3 is 14.6 Å². The van der Waals surface area contributed by atoms with Gasteiger partial charge in [-0.05, 0) is 43.4 Å². The Bertz CT molecular complexity index is 399. The number of methoxy groups -OCH3 is 1. The number of fused-ring (bicyclic) bond motifs is 1. The van der Waals surface area contributed by atoms with E-state index in [1.54, 1.807) is 7.11 Å². The third-order valence-electron chi connectivity index (χ3n) is 3.55. The third kappa shape index (κ3) is 3.47. The van der Waals surface area contributed by atoms with Gasteiger partial charge in [0.1, 0.15) is 5.75 Å². The molecular formula is C15H22O3. The van der Waals surface area contributed by atoms with E-state index in [4.69, 9.17) is 9.47 Å². The lowest BCUT2D eigenvalue weighted by atomic mass is 9.93. The Hall–Kier alpha value is -1.06. The number of aryl methyl sites for hydroxylation is 1. The first kappa shape index (κ1) is 13.4. The van der Waals surface area contributed by atoms with Crippen LogP contribution in [-0.4, -0.2) is 31.0 Å². The van der Waals surface area contributed by atoms with Crippen LogP contribution in [0.15, 0.2) is 18.2 Å². The van der Waals surface area contributed by atoms with E-state index < -0.39 is 5.60 Å². The van der Waals surface area contributed by atoms with Crippen molar-refractivity contribution in [3.8, 4) is 5.75 Å². The Morgan fingerprint density at radius 1 is 1.39 bits per heavy atom. The average Bonchev–Trinajstić information content (AvgIpc) is 2.81. The number of aliphatic hydroxyl groups is 1. The van der Waals surface area contributed by atoms with Crippen LogP contribution in [0.5, 0.6) is 5.75 Å². The van der Waals surface area contributed by atoms with E-state index in [1.165, 1.54) is 11.1 Å². The molecule has 1 unspecified atom stereocenters. The van der Waals surface area contributed by atoms with Gasteiger partial charge in [-0.3, -0.25) is 0 Å². The van der Waals surface area contributed by atoms with Gasteiger partial charge in [-0.25, -0.2) is 0 Å². The highest BCUT2D eigenvalue weighted by molar-refractivity contribution is 5.39. The van der Waals surface area contributed by atoms with Crippen molar-refractivity contribution < 1.29 is 14.6 Å². The van der Waals surface area contributed by atoms with E-state index in [0.717, 1.165) is 31.6 Å². The summed E-state index contributed by atoms with van der Waals surface area (Å²) in [6.45, 7) is 3.28. The van der Waals surface area contributed by atoms with Crippen LogP contribution in [0.3, 0.4) is 0 Å². The average molecular weight is 250 g/mol. The lowest BCUT2D eigenvalue weighted by molar-refractivity contribution is 0.0176. The third-order valence-corrected chi connectivity index (χ3v) is 3.55. The summed E-state index contributed by atoms with van der Waals surface area (Å²) in [4.78, 5) is 0. The maximum absolute atomic E-state index is 10.2. The smallest absolute Gasteiger partial charge is 0.122 e. The summed E-state index contributed by atoms with van der Waals surface area (Å²) in [7, 11) is 1.66. The van der Waals surface area contributed by atoms with Gasteiger partial charge in [-0.1, -0.05) is 12.1 Å². The van der Waals surface area contributed by atoms with Crippen LogP contribution in [0.25, 0.3) is 0 Å². The van der Waals surface area contributed by atoms with Gasteiger partial charge in [-0.2, -0.15) is 0 Å². The fraction of sp³-hybridized carbons (Fsp3) is 0.600. The summed E-state index contributed by atoms with van der Waals surface area (Å²) in [5, 5.41) is 10.2. The Morgan fingerprint density at radius 2 is 2.22 bits per heavy atom. The zero-order valence-corrected chi connectivity index (χ0v) is 11.2. The van der Waals surface area contributed by atoms with Crippen LogP contribution in [-0.2, 0) is 17.6 Å². The van der Waals surface area contributed by atoms with Crippen LogP contribution in [0.2, 0.25) is 0 Å². The molecule has 18 heavy (non-hydrogen) atoms. The minimum atomic E-state index is -0.647. The predicted octanol–water partition coefficient (Wildman–Crippen LogP) is 2.34. The standard InChI is InChI=1S/C15H22O3/c1-15(16,8-10-17-2)7-5-12-3-4-14-13(11-12)6-9-18-14/h3-4,11,16H,5-10H2,1-2H3. The maximum atomic E-state index is 10.2. The molecule has 1 heterocycles. The van der Waals surface area contributed by atoms with Crippen LogP contribution >= 0.6 is 0 Å². The molecule has 1 aromatic carbocycles. The summed E-state index contributed by atoms with van der Waals surface area (Å²) in [5.41, 5.74) is 1.92. The zero-order valence-electron chi connectivity index (χ0n) is 11.2. The van der Waals surface area contributed by atoms with Crippen LogP contribution < -0.4 is 4.74 Å². The van der Waals surface area contributed by atoms with Crippen LogP contribution in [0.1, 0.15) is 30.9 Å². The molecule has 0 aliphatic carbocycles. The number of hydrogen-bond acceptors (Lipinski definition) is 3. The maximum Gasteiger partial charge on any atom is 0.122 e. The van der Waals surface area contributed by atoms with Gasteiger partial charge in [-0.15, -0.1) is 0 Å². The highest BCUT2D eigenvalue weighted by Gasteiger charge is 2.20. The van der Waals surface area contributed by atoms with Gasteiger partial charge in [0.15, 0.2) is 0 Å². The fourth-order valence-electron chi connectivity index (χ4n) is 2.26. The Morgan fingerprint density at radius 3 is 3.00 bits per heavy atom. The van der Waals surface area contributed by atoms with E-state index >= 15 is 0 Å². The van der Waals surface area contributed by atoms with Crippen molar-refractivity contribution in [3.63, 3.8) is 0 Å². The van der Waals surface area contributed by atoms with E-state index in [9.17, 15) is 5.11 Å². The van der Waals surface area contributed by atoms with E-state index in [0.29, 0.717) is 13.0 Å². The van der Waals surface area contributed by atoms with E-state index in [1.807, 2.05) is 13.0 Å². The SMILES string of the molecule is COCCC(C)(O)CCc1ccc2c(c1)CCO2. The second kappa shape index (κ2) is 5.72. The van der Waals surface area contributed by atoms with Gasteiger partial charge in [0, 0.05) is 20.1 Å². The van der Waals surface area contributed by atoms with Gasteiger partial charge >= 0.3 is 0 Å². The summed E-state index contributed by atoms with van der Waals surface area (Å²) in [6, 6.07) is 6.34. The molecule has 0 spiro atoms. The summed E-state index contributed by atoms with van der Waals surface area (Å²) in [5.74, 6) is 1.02. The Labute approximate surface area is 109 Å². The molecule has 1 N–H and O–H groups in total. The van der Waals surface area contributed by atoms with Crippen molar-refractivity contribution in [2.24, 2.45) is 0 Å².